The van der Waals surface area contributed by atoms with Crippen LogP contribution in [-0.4, -0.2) is 30.9 Å². The highest BCUT2D eigenvalue weighted by atomic mass is 16.2. The van der Waals surface area contributed by atoms with Gasteiger partial charge in [0.2, 0.25) is 5.91 Å². The molecule has 0 saturated carbocycles. The minimum Gasteiger partial charge on any atom is -0.322 e. The quantitative estimate of drug-likeness (QED) is 0.465. The van der Waals surface area contributed by atoms with Crippen molar-refractivity contribution in [1.29, 1.82) is 0 Å². The van der Waals surface area contributed by atoms with E-state index in [2.05, 4.69) is 5.43 Å². The number of fused-ring (bicyclic) bond motifs is 1. The van der Waals surface area contributed by atoms with Crippen molar-refractivity contribution < 1.29 is 9.59 Å². The van der Waals surface area contributed by atoms with E-state index >= 15 is 0 Å². The highest BCUT2D eigenvalue weighted by Crippen LogP contribution is 2.27. The first kappa shape index (κ1) is 13.4. The van der Waals surface area contributed by atoms with Crippen LogP contribution in [0.15, 0.2) is 18.2 Å². The summed E-state index contributed by atoms with van der Waals surface area (Å²) >= 11 is 0. The van der Waals surface area contributed by atoms with Crippen LogP contribution in [-0.2, 0) is 17.8 Å². The van der Waals surface area contributed by atoms with Crippen LogP contribution >= 0.6 is 0 Å². The lowest BCUT2D eigenvalue weighted by atomic mass is 9.99. The number of aryl methyl sites for hydroxylation is 1. The Labute approximate surface area is 112 Å². The molecule has 0 spiro atoms. The van der Waals surface area contributed by atoms with Gasteiger partial charge in [0.1, 0.15) is 0 Å². The Morgan fingerprint density at radius 1 is 1.47 bits per heavy atom. The SMILES string of the molecule is CN(Cc1ccc2c(c1)CCC(=O)N2C)C(=O)NN. The highest BCUT2D eigenvalue weighted by molar-refractivity contribution is 5.95. The molecule has 1 heterocycles. The number of hydrogen-bond acceptors (Lipinski definition) is 3. The molecule has 1 aliphatic rings. The smallest absolute Gasteiger partial charge is 0.322 e. The number of carbonyl (C=O) groups excluding carboxylic acids is 2. The van der Waals surface area contributed by atoms with Crippen LogP contribution in [0, 0.1) is 0 Å². The number of benzene rings is 1. The standard InChI is InChI=1S/C13H18N4O2/c1-16(13(19)15-14)8-9-3-5-11-10(7-9)4-6-12(18)17(11)2/h3,5,7H,4,6,8,14H2,1-2H3,(H,15,19). The van der Waals surface area contributed by atoms with Gasteiger partial charge < -0.3 is 9.80 Å². The Morgan fingerprint density at radius 2 is 2.21 bits per heavy atom. The number of amides is 3. The predicted octanol–water partition coefficient (Wildman–Crippen LogP) is 0.611. The average Bonchev–Trinajstić information content (AvgIpc) is 2.42. The van der Waals surface area contributed by atoms with Gasteiger partial charge in [0.05, 0.1) is 0 Å². The van der Waals surface area contributed by atoms with Crippen molar-refractivity contribution in [3.05, 3.63) is 29.3 Å². The highest BCUT2D eigenvalue weighted by Gasteiger charge is 2.21. The molecule has 19 heavy (non-hydrogen) atoms. The van der Waals surface area contributed by atoms with E-state index in [9.17, 15) is 9.59 Å². The zero-order valence-corrected chi connectivity index (χ0v) is 11.1. The first-order chi connectivity index (χ1) is 9.02. The Hall–Kier alpha value is -2.08. The number of nitrogens with one attached hydrogen (secondary N) is 1. The Balaban J connectivity index is 2.18. The summed E-state index contributed by atoms with van der Waals surface area (Å²) in [6.07, 6.45) is 1.28. The molecule has 1 aliphatic heterocycles. The van der Waals surface area contributed by atoms with Crippen molar-refractivity contribution in [2.75, 3.05) is 19.0 Å². The molecule has 0 aromatic heterocycles. The molecule has 6 heteroatoms. The van der Waals surface area contributed by atoms with Crippen LogP contribution < -0.4 is 16.2 Å². The topological polar surface area (TPSA) is 78.7 Å². The molecule has 0 unspecified atom stereocenters. The minimum atomic E-state index is -0.329. The average molecular weight is 262 g/mol. The number of nitrogens with two attached hydrogens (primary N) is 1. The van der Waals surface area contributed by atoms with E-state index in [0.717, 1.165) is 23.2 Å². The van der Waals surface area contributed by atoms with Gasteiger partial charge >= 0.3 is 6.03 Å². The van der Waals surface area contributed by atoms with Gasteiger partial charge in [-0.25, -0.2) is 10.6 Å². The van der Waals surface area contributed by atoms with E-state index in [-0.39, 0.29) is 11.9 Å². The van der Waals surface area contributed by atoms with Crippen molar-refractivity contribution >= 4 is 17.6 Å². The van der Waals surface area contributed by atoms with E-state index in [1.54, 1.807) is 19.0 Å². The third-order valence-corrected chi connectivity index (χ3v) is 3.38. The van der Waals surface area contributed by atoms with Gasteiger partial charge in [0.25, 0.3) is 0 Å². The second-order valence-corrected chi connectivity index (χ2v) is 4.72. The number of carbonyl (C=O) groups is 2. The maximum Gasteiger partial charge on any atom is 0.331 e. The monoisotopic (exact) mass is 262 g/mol. The Bertz CT molecular complexity index is 515. The summed E-state index contributed by atoms with van der Waals surface area (Å²) in [5.74, 6) is 5.22. The number of hydrazine groups is 1. The number of anilines is 1. The van der Waals surface area contributed by atoms with E-state index in [1.807, 2.05) is 18.2 Å². The number of rotatable bonds is 2. The fourth-order valence-electron chi connectivity index (χ4n) is 2.26. The molecule has 6 nitrogen and oxygen atoms in total. The summed E-state index contributed by atoms with van der Waals surface area (Å²) in [6, 6.07) is 5.56. The van der Waals surface area contributed by atoms with Gasteiger partial charge in [-0.3, -0.25) is 10.2 Å². The lowest BCUT2D eigenvalue weighted by Crippen LogP contribution is -2.40. The fraction of sp³-hybridized carbons (Fsp3) is 0.385. The van der Waals surface area contributed by atoms with Gasteiger partial charge in [0.15, 0.2) is 0 Å². The fourth-order valence-corrected chi connectivity index (χ4v) is 2.26. The summed E-state index contributed by atoms with van der Waals surface area (Å²) in [7, 11) is 3.46. The molecule has 0 radical (unpaired) electrons. The lowest BCUT2D eigenvalue weighted by molar-refractivity contribution is -0.118. The Morgan fingerprint density at radius 3 is 2.89 bits per heavy atom. The van der Waals surface area contributed by atoms with Crippen LogP contribution in [0.4, 0.5) is 10.5 Å². The van der Waals surface area contributed by atoms with Crippen molar-refractivity contribution in [2.24, 2.45) is 5.84 Å². The molecular formula is C13H18N4O2. The number of hydrogen-bond donors (Lipinski definition) is 2. The molecule has 0 bridgehead atoms. The molecule has 0 fully saturated rings. The second-order valence-electron chi connectivity index (χ2n) is 4.72. The van der Waals surface area contributed by atoms with E-state index < -0.39 is 0 Å². The molecule has 1 aromatic rings. The maximum atomic E-state index is 11.6. The second kappa shape index (κ2) is 5.27. The largest absolute Gasteiger partial charge is 0.331 e. The molecule has 1 aromatic carbocycles. The third kappa shape index (κ3) is 2.68. The summed E-state index contributed by atoms with van der Waals surface area (Å²) in [6.45, 7) is 0.480. The summed E-state index contributed by atoms with van der Waals surface area (Å²) in [5.41, 5.74) is 5.21. The normalized spacial score (nSPS) is 14.1. The zero-order chi connectivity index (χ0) is 14.0. The lowest BCUT2D eigenvalue weighted by Gasteiger charge is -2.26. The molecule has 0 atom stereocenters. The maximum absolute atomic E-state index is 11.6. The molecule has 3 amide bonds. The summed E-state index contributed by atoms with van der Waals surface area (Å²) < 4.78 is 0. The minimum absolute atomic E-state index is 0.139. The van der Waals surface area contributed by atoms with Crippen LogP contribution in [0.25, 0.3) is 0 Å². The zero-order valence-electron chi connectivity index (χ0n) is 11.1. The van der Waals surface area contributed by atoms with E-state index in [4.69, 9.17) is 5.84 Å². The van der Waals surface area contributed by atoms with Crippen LogP contribution in [0.1, 0.15) is 17.5 Å². The number of urea groups is 1. The van der Waals surface area contributed by atoms with Crippen molar-refractivity contribution in [3.63, 3.8) is 0 Å². The van der Waals surface area contributed by atoms with Crippen LogP contribution in [0.5, 0.6) is 0 Å². The van der Waals surface area contributed by atoms with Gasteiger partial charge in [-0.15, -0.1) is 0 Å². The molecule has 102 valence electrons. The van der Waals surface area contributed by atoms with Crippen molar-refractivity contribution in [3.8, 4) is 0 Å². The molecule has 0 aliphatic carbocycles. The van der Waals surface area contributed by atoms with Gasteiger partial charge in [0, 0.05) is 32.7 Å². The van der Waals surface area contributed by atoms with Crippen LogP contribution in [0.3, 0.4) is 0 Å². The van der Waals surface area contributed by atoms with Gasteiger partial charge in [-0.2, -0.15) is 0 Å². The Kier molecular flexibility index (Phi) is 3.71. The van der Waals surface area contributed by atoms with E-state index in [0.29, 0.717) is 13.0 Å². The van der Waals surface area contributed by atoms with Gasteiger partial charge in [-0.05, 0) is 23.6 Å². The summed E-state index contributed by atoms with van der Waals surface area (Å²) in [4.78, 5) is 26.1. The molecular weight excluding hydrogens is 244 g/mol. The molecule has 0 saturated heterocycles. The van der Waals surface area contributed by atoms with Crippen LogP contribution in [0.2, 0.25) is 0 Å². The number of nitrogens with zero attached hydrogens (tertiary/aromatic N) is 2. The van der Waals surface area contributed by atoms with Gasteiger partial charge in [-0.1, -0.05) is 12.1 Å². The molecule has 3 N–H and O–H groups in total. The van der Waals surface area contributed by atoms with Crippen molar-refractivity contribution in [1.82, 2.24) is 10.3 Å². The predicted molar refractivity (Wildman–Crippen MR) is 72.4 cm³/mol. The molecule has 2 rings (SSSR count). The first-order valence-electron chi connectivity index (χ1n) is 6.13. The van der Waals surface area contributed by atoms with E-state index in [1.165, 1.54) is 4.90 Å². The third-order valence-electron chi connectivity index (χ3n) is 3.38. The summed E-state index contributed by atoms with van der Waals surface area (Å²) in [5, 5.41) is 0. The first-order valence-corrected chi connectivity index (χ1v) is 6.13. The van der Waals surface area contributed by atoms with Crippen molar-refractivity contribution in [2.45, 2.75) is 19.4 Å².